The van der Waals surface area contributed by atoms with Crippen LogP contribution in [0.15, 0.2) is 12.7 Å². The van der Waals surface area contributed by atoms with Crippen LogP contribution in [-0.4, -0.2) is 35.2 Å². The van der Waals surface area contributed by atoms with Gasteiger partial charge in [0.2, 0.25) is 5.91 Å². The van der Waals surface area contributed by atoms with Gasteiger partial charge in [0.05, 0.1) is 13.0 Å². The van der Waals surface area contributed by atoms with Crippen molar-refractivity contribution in [1.29, 1.82) is 0 Å². The second-order valence-corrected chi connectivity index (χ2v) is 4.56. The summed E-state index contributed by atoms with van der Waals surface area (Å²) < 4.78 is 5.31. The Morgan fingerprint density at radius 3 is 2.61 bits per heavy atom. The van der Waals surface area contributed by atoms with Crippen LogP contribution in [0.4, 0.5) is 0 Å². The quantitative estimate of drug-likeness (QED) is 0.487. The van der Waals surface area contributed by atoms with Gasteiger partial charge >= 0.3 is 5.97 Å². The van der Waals surface area contributed by atoms with E-state index >= 15 is 0 Å². The van der Waals surface area contributed by atoms with Crippen LogP contribution in [0.2, 0.25) is 0 Å². The maximum Gasteiger partial charge on any atom is 0.305 e. The van der Waals surface area contributed by atoms with Crippen molar-refractivity contribution in [3.8, 4) is 0 Å². The van der Waals surface area contributed by atoms with Crippen LogP contribution in [0, 0.1) is 0 Å². The smallest absolute Gasteiger partial charge is 0.305 e. The third-order valence-corrected chi connectivity index (χ3v) is 2.81. The lowest BCUT2D eigenvalue weighted by Crippen LogP contribution is -2.50. The Bertz CT molecular complexity index is 303. The molecule has 5 heteroatoms. The summed E-state index contributed by atoms with van der Waals surface area (Å²) in [6.45, 7) is 9.20. The van der Waals surface area contributed by atoms with Crippen molar-refractivity contribution in [3.05, 3.63) is 12.7 Å². The molecule has 2 N–H and O–H groups in total. The molecule has 1 amide bonds. The molecule has 5 nitrogen and oxygen atoms in total. The molecule has 0 aliphatic carbocycles. The number of carbonyl (C=O) groups is 2. The monoisotopic (exact) mass is 257 g/mol. The molecule has 0 bridgehead atoms. The van der Waals surface area contributed by atoms with Crippen LogP contribution < -0.4 is 5.32 Å². The van der Waals surface area contributed by atoms with E-state index < -0.39 is 17.6 Å². The van der Waals surface area contributed by atoms with E-state index in [1.54, 1.807) is 19.9 Å². The normalized spacial score (nSPS) is 15.5. The molecule has 0 rings (SSSR count). The third-order valence-electron chi connectivity index (χ3n) is 2.81. The molecule has 0 radical (unpaired) electrons. The van der Waals surface area contributed by atoms with E-state index in [0.717, 1.165) is 0 Å². The van der Waals surface area contributed by atoms with Gasteiger partial charge in [-0.2, -0.15) is 0 Å². The van der Waals surface area contributed by atoms with Crippen molar-refractivity contribution in [1.82, 2.24) is 5.32 Å². The van der Waals surface area contributed by atoms with Crippen LogP contribution in [0.25, 0.3) is 0 Å². The van der Waals surface area contributed by atoms with E-state index in [-0.39, 0.29) is 12.3 Å². The second kappa shape index (κ2) is 7.87. The first-order valence-corrected chi connectivity index (χ1v) is 6.11. The first-order chi connectivity index (χ1) is 8.34. The van der Waals surface area contributed by atoms with E-state index in [9.17, 15) is 9.59 Å². The van der Waals surface area contributed by atoms with Gasteiger partial charge < -0.3 is 15.2 Å². The molecule has 0 saturated heterocycles. The molecule has 0 aliphatic rings. The molecule has 0 fully saturated rings. The van der Waals surface area contributed by atoms with Crippen LogP contribution in [0.5, 0.6) is 0 Å². The Kier molecular flexibility index (Phi) is 7.27. The number of hydrogen-bond acceptors (Lipinski definition) is 3. The van der Waals surface area contributed by atoms with Gasteiger partial charge in [0.15, 0.2) is 0 Å². The molecular formula is C13H23NO4. The SMILES string of the molecule is C=CCCO[C@@H](C)C(=O)N[C@@](C)(CC)CC(=O)O. The molecule has 2 atom stereocenters. The largest absolute Gasteiger partial charge is 0.481 e. The summed E-state index contributed by atoms with van der Waals surface area (Å²) in [6, 6.07) is 0. The van der Waals surface area contributed by atoms with Gasteiger partial charge in [-0.3, -0.25) is 9.59 Å². The Morgan fingerprint density at radius 2 is 2.17 bits per heavy atom. The Morgan fingerprint density at radius 1 is 1.56 bits per heavy atom. The number of ether oxygens (including phenoxy) is 1. The minimum Gasteiger partial charge on any atom is -0.481 e. The van der Waals surface area contributed by atoms with Crippen LogP contribution in [0.1, 0.15) is 40.0 Å². The lowest BCUT2D eigenvalue weighted by molar-refractivity contribution is -0.140. The van der Waals surface area contributed by atoms with Crippen molar-refractivity contribution in [2.24, 2.45) is 0 Å². The van der Waals surface area contributed by atoms with Crippen molar-refractivity contribution in [2.45, 2.75) is 51.7 Å². The molecule has 0 unspecified atom stereocenters. The zero-order valence-electron chi connectivity index (χ0n) is 11.4. The van der Waals surface area contributed by atoms with E-state index in [1.165, 1.54) is 0 Å². The van der Waals surface area contributed by atoms with Crippen LogP contribution in [0.3, 0.4) is 0 Å². The van der Waals surface area contributed by atoms with Gasteiger partial charge in [0.1, 0.15) is 6.10 Å². The summed E-state index contributed by atoms with van der Waals surface area (Å²) in [5, 5.41) is 11.5. The third kappa shape index (κ3) is 6.39. The number of carboxylic acid groups (broad SMARTS) is 1. The van der Waals surface area contributed by atoms with Crippen molar-refractivity contribution in [3.63, 3.8) is 0 Å². The van der Waals surface area contributed by atoms with Gasteiger partial charge in [-0.25, -0.2) is 0 Å². The standard InChI is InChI=1S/C13H23NO4/c1-5-7-8-18-10(3)12(17)14-13(4,6-2)9-11(15)16/h5,10H,1,6-9H2,2-4H3,(H,14,17)(H,15,16)/t10-,13-/m0/s1. The van der Waals surface area contributed by atoms with Crippen molar-refractivity contribution >= 4 is 11.9 Å². The number of amides is 1. The van der Waals surface area contributed by atoms with Gasteiger partial charge in [0.25, 0.3) is 0 Å². The van der Waals surface area contributed by atoms with Crippen LogP contribution >= 0.6 is 0 Å². The van der Waals surface area contributed by atoms with Gasteiger partial charge in [-0.05, 0) is 26.7 Å². The van der Waals surface area contributed by atoms with Crippen LogP contribution in [-0.2, 0) is 14.3 Å². The first-order valence-electron chi connectivity index (χ1n) is 6.11. The second-order valence-electron chi connectivity index (χ2n) is 4.56. The molecule has 0 aromatic heterocycles. The molecule has 0 saturated carbocycles. The van der Waals surface area contributed by atoms with Gasteiger partial charge in [-0.1, -0.05) is 13.0 Å². The van der Waals surface area contributed by atoms with Gasteiger partial charge in [-0.15, -0.1) is 6.58 Å². The number of nitrogens with one attached hydrogen (secondary N) is 1. The maximum absolute atomic E-state index is 11.8. The number of carboxylic acids is 1. The summed E-state index contributed by atoms with van der Waals surface area (Å²) in [6.07, 6.45) is 2.24. The summed E-state index contributed by atoms with van der Waals surface area (Å²) in [7, 11) is 0. The van der Waals surface area contributed by atoms with Gasteiger partial charge in [0, 0.05) is 5.54 Å². The molecular weight excluding hydrogens is 234 g/mol. The summed E-state index contributed by atoms with van der Waals surface area (Å²) in [5.74, 6) is -1.22. The van der Waals surface area contributed by atoms with Crippen molar-refractivity contribution < 1.29 is 19.4 Å². The Hall–Kier alpha value is -1.36. The summed E-state index contributed by atoms with van der Waals surface area (Å²) in [5.41, 5.74) is -0.737. The Balaban J connectivity index is 4.32. The fourth-order valence-corrected chi connectivity index (χ4v) is 1.39. The highest BCUT2D eigenvalue weighted by molar-refractivity contribution is 5.82. The van der Waals surface area contributed by atoms with E-state index in [1.807, 2.05) is 6.92 Å². The average molecular weight is 257 g/mol. The van der Waals surface area contributed by atoms with E-state index in [2.05, 4.69) is 11.9 Å². The maximum atomic E-state index is 11.8. The van der Waals surface area contributed by atoms with E-state index in [0.29, 0.717) is 19.4 Å². The predicted octanol–water partition coefficient (Wildman–Crippen LogP) is 1.73. The zero-order valence-corrected chi connectivity index (χ0v) is 11.4. The number of aliphatic carboxylic acids is 1. The summed E-state index contributed by atoms with van der Waals surface area (Å²) in [4.78, 5) is 22.6. The molecule has 104 valence electrons. The minimum absolute atomic E-state index is 0.103. The lowest BCUT2D eigenvalue weighted by atomic mass is 9.94. The number of rotatable bonds is 9. The number of carbonyl (C=O) groups excluding carboxylic acids is 1. The zero-order chi connectivity index (χ0) is 14.2. The van der Waals surface area contributed by atoms with Crippen molar-refractivity contribution in [2.75, 3.05) is 6.61 Å². The fraction of sp³-hybridized carbons (Fsp3) is 0.692. The molecule has 0 spiro atoms. The minimum atomic E-state index is -0.931. The fourth-order valence-electron chi connectivity index (χ4n) is 1.39. The highest BCUT2D eigenvalue weighted by atomic mass is 16.5. The lowest BCUT2D eigenvalue weighted by Gasteiger charge is -2.29. The highest BCUT2D eigenvalue weighted by Crippen LogP contribution is 2.14. The highest BCUT2D eigenvalue weighted by Gasteiger charge is 2.29. The topological polar surface area (TPSA) is 75.6 Å². The molecule has 0 aliphatic heterocycles. The Labute approximate surface area is 108 Å². The summed E-state index contributed by atoms with van der Waals surface area (Å²) >= 11 is 0. The molecule has 0 aromatic rings. The average Bonchev–Trinajstić information content (AvgIpc) is 2.28. The van der Waals surface area contributed by atoms with E-state index in [4.69, 9.17) is 9.84 Å². The molecule has 0 heterocycles. The first kappa shape index (κ1) is 16.6. The number of hydrogen-bond donors (Lipinski definition) is 2. The molecule has 0 aromatic carbocycles. The predicted molar refractivity (Wildman–Crippen MR) is 69.3 cm³/mol. The molecule has 18 heavy (non-hydrogen) atoms.